The number of carbonyl (C=O) groups is 1. The minimum absolute atomic E-state index is 0.233. The molecule has 5 rings (SSSR count). The van der Waals surface area contributed by atoms with Gasteiger partial charge in [0.1, 0.15) is 11.4 Å². The number of halogens is 1. The van der Waals surface area contributed by atoms with Crippen molar-refractivity contribution < 1.29 is 18.5 Å². The second-order valence-electron chi connectivity index (χ2n) is 6.85. The number of hydrogen-bond donors (Lipinski definition) is 0. The van der Waals surface area contributed by atoms with Gasteiger partial charge in [-0.15, -0.1) is 11.3 Å². The molecule has 0 aliphatic carbocycles. The Bertz CT molecular complexity index is 1340. The number of hydrogen-bond acceptors (Lipinski definition) is 8. The highest BCUT2D eigenvalue weighted by Crippen LogP contribution is 2.35. The Labute approximate surface area is 202 Å². The van der Waals surface area contributed by atoms with E-state index in [1.165, 1.54) is 23.1 Å². The van der Waals surface area contributed by atoms with Crippen LogP contribution in [0.2, 0.25) is 5.02 Å². The van der Waals surface area contributed by atoms with Gasteiger partial charge in [-0.2, -0.15) is 0 Å². The molecule has 1 aromatic carbocycles. The smallest absolute Gasteiger partial charge is 0.283 e. The van der Waals surface area contributed by atoms with Gasteiger partial charge in [0.25, 0.3) is 5.91 Å². The summed E-state index contributed by atoms with van der Waals surface area (Å²) in [7, 11) is 1.54. The second-order valence-corrected chi connectivity index (χ2v) is 9.18. The summed E-state index contributed by atoms with van der Waals surface area (Å²) in [5.74, 6) is 1.88. The van der Waals surface area contributed by atoms with Crippen molar-refractivity contribution in [3.05, 3.63) is 81.5 Å². The van der Waals surface area contributed by atoms with Crippen molar-refractivity contribution in [2.24, 2.45) is 4.99 Å². The summed E-state index contributed by atoms with van der Waals surface area (Å²) in [5, 5.41) is 6.98. The highest BCUT2D eigenvalue weighted by Gasteiger charge is 2.32. The zero-order valence-electron chi connectivity index (χ0n) is 17.2. The van der Waals surface area contributed by atoms with Gasteiger partial charge in [0, 0.05) is 16.7 Å². The number of furan rings is 1. The van der Waals surface area contributed by atoms with Crippen LogP contribution in [0.25, 0.3) is 17.6 Å². The van der Waals surface area contributed by atoms with E-state index in [0.717, 1.165) is 4.88 Å². The Balaban J connectivity index is 1.43. The number of ether oxygens (including phenoxy) is 1. The average Bonchev–Trinajstić information content (AvgIpc) is 3.61. The number of aromatic nitrogens is 1. The van der Waals surface area contributed by atoms with Crippen LogP contribution >= 0.6 is 34.7 Å². The first-order valence-electron chi connectivity index (χ1n) is 9.76. The fraction of sp³-hybridized carbons (Fsp3) is 0.0870. The quantitative estimate of drug-likeness (QED) is 0.289. The van der Waals surface area contributed by atoms with Crippen LogP contribution in [0.5, 0.6) is 5.75 Å². The first-order valence-corrected chi connectivity index (χ1v) is 12.0. The van der Waals surface area contributed by atoms with Crippen LogP contribution in [0, 0.1) is 0 Å². The molecule has 0 spiro atoms. The lowest BCUT2D eigenvalue weighted by atomic mass is 10.2. The number of amides is 1. The fourth-order valence-corrected chi connectivity index (χ4v) is 4.97. The normalized spacial score (nSPS) is 14.8. The van der Waals surface area contributed by atoms with Crippen molar-refractivity contribution in [1.82, 2.24) is 5.16 Å². The monoisotopic (exact) mass is 497 g/mol. The van der Waals surface area contributed by atoms with E-state index in [1.807, 2.05) is 17.5 Å². The first-order chi connectivity index (χ1) is 16.1. The van der Waals surface area contributed by atoms with Gasteiger partial charge in [-0.05, 0) is 47.9 Å². The van der Waals surface area contributed by atoms with E-state index in [9.17, 15) is 4.79 Å². The number of amidine groups is 1. The largest absolute Gasteiger partial charge is 0.495 e. The summed E-state index contributed by atoms with van der Waals surface area (Å²) in [5.41, 5.74) is 1.65. The van der Waals surface area contributed by atoms with Gasteiger partial charge in [0.2, 0.25) is 5.76 Å². The van der Waals surface area contributed by atoms with Gasteiger partial charge < -0.3 is 13.7 Å². The van der Waals surface area contributed by atoms with Crippen LogP contribution in [-0.4, -0.2) is 23.3 Å². The summed E-state index contributed by atoms with van der Waals surface area (Å²) < 4.78 is 16.0. The zero-order chi connectivity index (χ0) is 22.8. The molecule has 1 aliphatic rings. The van der Waals surface area contributed by atoms with Gasteiger partial charge >= 0.3 is 0 Å². The number of aliphatic imine (C=N–C) groups is 1. The van der Waals surface area contributed by atoms with Gasteiger partial charge in [-0.25, -0.2) is 4.99 Å². The van der Waals surface area contributed by atoms with Crippen LogP contribution < -0.4 is 9.64 Å². The van der Waals surface area contributed by atoms with Crippen molar-refractivity contribution in [1.29, 1.82) is 0 Å². The number of anilines is 1. The molecule has 7 nitrogen and oxygen atoms in total. The molecule has 0 saturated carbocycles. The number of thiophene rings is 1. The second kappa shape index (κ2) is 9.30. The molecule has 4 heterocycles. The molecule has 1 aliphatic heterocycles. The van der Waals surface area contributed by atoms with Gasteiger partial charge in [-0.3, -0.25) is 9.69 Å². The zero-order valence-corrected chi connectivity index (χ0v) is 19.6. The molecule has 33 heavy (non-hydrogen) atoms. The predicted molar refractivity (Wildman–Crippen MR) is 131 cm³/mol. The number of rotatable bonds is 6. The molecule has 0 bridgehead atoms. The van der Waals surface area contributed by atoms with Crippen molar-refractivity contribution in [3.63, 3.8) is 0 Å². The topological polar surface area (TPSA) is 81.1 Å². The minimum atomic E-state index is -0.233. The van der Waals surface area contributed by atoms with E-state index in [1.54, 1.807) is 60.7 Å². The standard InChI is InChI=1S/C23H16ClN3O4S2/c1-29-19-7-6-15(11-17(19)24)27-22(28)18(12-16-4-3-9-32-16)25-23(27)33-13-14-10-21(31-26-14)20-5-2-8-30-20/h2-12H,13H2,1H3/b18-12+. The van der Waals surface area contributed by atoms with Crippen LogP contribution in [0.3, 0.4) is 0 Å². The summed E-state index contributed by atoms with van der Waals surface area (Å²) in [6, 6.07) is 14.4. The van der Waals surface area contributed by atoms with Crippen LogP contribution in [-0.2, 0) is 10.5 Å². The van der Waals surface area contributed by atoms with Gasteiger partial charge in [-0.1, -0.05) is 34.6 Å². The molecule has 0 saturated heterocycles. The minimum Gasteiger partial charge on any atom is -0.495 e. The molecule has 10 heteroatoms. The molecular weight excluding hydrogens is 482 g/mol. The fourth-order valence-electron chi connectivity index (χ4n) is 3.18. The van der Waals surface area contributed by atoms with Crippen molar-refractivity contribution >= 4 is 57.5 Å². The first kappa shape index (κ1) is 21.6. The Morgan fingerprint density at radius 2 is 2.12 bits per heavy atom. The summed E-state index contributed by atoms with van der Waals surface area (Å²) in [6.07, 6.45) is 3.36. The van der Waals surface area contributed by atoms with Gasteiger partial charge in [0.05, 0.1) is 29.8 Å². The summed E-state index contributed by atoms with van der Waals surface area (Å²) >= 11 is 9.24. The molecule has 0 fully saturated rings. The SMILES string of the molecule is COc1ccc(N2C(=O)/C(=C\c3cccs3)N=C2SCc2cc(-c3ccco3)on2)cc1Cl. The maximum atomic E-state index is 13.3. The van der Waals surface area contributed by atoms with Crippen LogP contribution in [0.4, 0.5) is 5.69 Å². The molecule has 4 aromatic rings. The van der Waals surface area contributed by atoms with Crippen LogP contribution in [0.1, 0.15) is 10.6 Å². The number of carbonyl (C=O) groups excluding carboxylic acids is 1. The van der Waals surface area contributed by atoms with Crippen LogP contribution in [0.15, 0.2) is 79.8 Å². The third-order valence-electron chi connectivity index (χ3n) is 4.72. The molecular formula is C23H16ClN3O4S2. The molecule has 0 unspecified atom stereocenters. The lowest BCUT2D eigenvalue weighted by Gasteiger charge is -2.18. The number of nitrogens with zero attached hydrogens (tertiary/aromatic N) is 3. The summed E-state index contributed by atoms with van der Waals surface area (Å²) in [4.78, 5) is 20.4. The van der Waals surface area contributed by atoms with E-state index >= 15 is 0 Å². The number of methoxy groups -OCH3 is 1. The Kier molecular flexibility index (Phi) is 6.08. The lowest BCUT2D eigenvalue weighted by Crippen LogP contribution is -2.30. The highest BCUT2D eigenvalue weighted by molar-refractivity contribution is 8.13. The number of thioether (sulfide) groups is 1. The maximum Gasteiger partial charge on any atom is 0.283 e. The predicted octanol–water partition coefficient (Wildman–Crippen LogP) is 6.34. The molecule has 3 aromatic heterocycles. The molecule has 0 atom stereocenters. The number of benzene rings is 1. The molecule has 1 amide bonds. The maximum absolute atomic E-state index is 13.3. The van der Waals surface area contributed by atoms with E-state index in [0.29, 0.717) is 50.3 Å². The van der Waals surface area contributed by atoms with E-state index in [2.05, 4.69) is 10.1 Å². The van der Waals surface area contributed by atoms with Crippen molar-refractivity contribution in [3.8, 4) is 17.3 Å². The third-order valence-corrected chi connectivity index (χ3v) is 6.80. The van der Waals surface area contributed by atoms with E-state index in [-0.39, 0.29) is 5.91 Å². The molecule has 0 radical (unpaired) electrons. The average molecular weight is 498 g/mol. The van der Waals surface area contributed by atoms with Crippen molar-refractivity contribution in [2.45, 2.75) is 5.75 Å². The third kappa shape index (κ3) is 4.47. The Morgan fingerprint density at radius 3 is 2.85 bits per heavy atom. The van der Waals surface area contributed by atoms with Gasteiger partial charge in [0.15, 0.2) is 10.9 Å². The highest BCUT2D eigenvalue weighted by atomic mass is 35.5. The Morgan fingerprint density at radius 1 is 1.21 bits per heavy atom. The molecule has 0 N–H and O–H groups in total. The summed E-state index contributed by atoms with van der Waals surface area (Å²) in [6.45, 7) is 0. The van der Waals surface area contributed by atoms with E-state index in [4.69, 9.17) is 25.3 Å². The van der Waals surface area contributed by atoms with E-state index < -0.39 is 0 Å². The van der Waals surface area contributed by atoms with Crippen molar-refractivity contribution in [2.75, 3.05) is 12.0 Å². The molecule has 166 valence electrons. The lowest BCUT2D eigenvalue weighted by molar-refractivity contribution is -0.113. The Hall–Kier alpha value is -3.27.